The normalized spacial score (nSPS) is 22.9. The van der Waals surface area contributed by atoms with Gasteiger partial charge in [-0.15, -0.1) is 0 Å². The number of aliphatic carboxylic acids is 1. The summed E-state index contributed by atoms with van der Waals surface area (Å²) in [5.74, 6) is -2.47. The van der Waals surface area contributed by atoms with Crippen LogP contribution in [0.2, 0.25) is 0 Å². The number of hydrogen-bond acceptors (Lipinski definition) is 3. The molecule has 0 aliphatic carbocycles. The maximum atomic E-state index is 13.4. The first-order valence-corrected chi connectivity index (χ1v) is 8.57. The highest BCUT2D eigenvalue weighted by atomic mass is 19.1. The van der Waals surface area contributed by atoms with Gasteiger partial charge in [0.1, 0.15) is 5.82 Å². The summed E-state index contributed by atoms with van der Waals surface area (Å²) in [5, 5.41) is 11.5. The van der Waals surface area contributed by atoms with Crippen molar-refractivity contribution >= 4 is 23.5 Å². The summed E-state index contributed by atoms with van der Waals surface area (Å²) in [6.45, 7) is 0.567. The number of nitrogens with zero attached hydrogens (tertiary/aromatic N) is 1. The number of fused-ring (bicyclic) bond motifs is 1. The summed E-state index contributed by atoms with van der Waals surface area (Å²) in [7, 11) is 0. The van der Waals surface area contributed by atoms with Gasteiger partial charge in [0.25, 0.3) is 0 Å². The number of amides is 2. The van der Waals surface area contributed by atoms with Crippen LogP contribution in [0.15, 0.2) is 18.2 Å². The van der Waals surface area contributed by atoms with Gasteiger partial charge >= 0.3 is 5.97 Å². The summed E-state index contributed by atoms with van der Waals surface area (Å²) in [4.78, 5) is 37.6. The maximum absolute atomic E-state index is 13.4. The molecule has 1 aromatic rings. The van der Waals surface area contributed by atoms with Crippen molar-refractivity contribution in [3.05, 3.63) is 29.6 Å². The summed E-state index contributed by atoms with van der Waals surface area (Å²) in [5.41, 5.74) is 0.960. The number of hydrogen-bond donors (Lipinski definition) is 2. The summed E-state index contributed by atoms with van der Waals surface area (Å²) in [6, 6.07) is 3.94. The van der Waals surface area contributed by atoms with Crippen molar-refractivity contribution in [2.75, 3.05) is 11.9 Å². The fourth-order valence-corrected chi connectivity index (χ4v) is 3.74. The van der Waals surface area contributed by atoms with Crippen LogP contribution >= 0.6 is 0 Å². The van der Waals surface area contributed by atoms with Gasteiger partial charge in [-0.1, -0.05) is 6.07 Å². The molecule has 2 amide bonds. The Bertz CT molecular complexity index is 706. The van der Waals surface area contributed by atoms with E-state index in [0.29, 0.717) is 24.2 Å². The van der Waals surface area contributed by atoms with Gasteiger partial charge in [-0.2, -0.15) is 0 Å². The molecule has 2 unspecified atom stereocenters. The van der Waals surface area contributed by atoms with Crippen molar-refractivity contribution in [3.63, 3.8) is 0 Å². The Morgan fingerprint density at radius 3 is 2.88 bits per heavy atom. The number of carbonyl (C=O) groups is 3. The van der Waals surface area contributed by atoms with E-state index in [1.807, 2.05) is 0 Å². The first-order chi connectivity index (χ1) is 12.0. The minimum Gasteiger partial charge on any atom is -0.481 e. The quantitative estimate of drug-likeness (QED) is 0.875. The minimum absolute atomic E-state index is 0.0153. The molecule has 3 rings (SSSR count). The average molecular weight is 348 g/mol. The number of nitrogens with one attached hydrogen (secondary N) is 1. The Balaban J connectivity index is 1.83. The van der Waals surface area contributed by atoms with Crippen LogP contribution in [0.1, 0.15) is 50.0 Å². The molecule has 6 nitrogen and oxygen atoms in total. The fraction of sp³-hybridized carbons (Fsp3) is 0.500. The summed E-state index contributed by atoms with van der Waals surface area (Å²) < 4.78 is 13.4. The van der Waals surface area contributed by atoms with Crippen molar-refractivity contribution in [1.29, 1.82) is 0 Å². The maximum Gasteiger partial charge on any atom is 0.303 e. The van der Waals surface area contributed by atoms with Gasteiger partial charge in [-0.3, -0.25) is 14.4 Å². The Labute approximate surface area is 145 Å². The van der Waals surface area contributed by atoms with Crippen LogP contribution in [0.4, 0.5) is 10.1 Å². The lowest BCUT2D eigenvalue weighted by molar-refractivity contribution is -0.141. The zero-order valence-electron chi connectivity index (χ0n) is 13.8. The van der Waals surface area contributed by atoms with Gasteiger partial charge < -0.3 is 15.3 Å². The highest BCUT2D eigenvalue weighted by Crippen LogP contribution is 2.35. The number of piperidine rings is 1. The second kappa shape index (κ2) is 7.21. The molecule has 2 N–H and O–H groups in total. The topological polar surface area (TPSA) is 86.7 Å². The molecule has 0 radical (unpaired) electrons. The van der Waals surface area contributed by atoms with Gasteiger partial charge in [0, 0.05) is 31.1 Å². The van der Waals surface area contributed by atoms with Gasteiger partial charge in [0.2, 0.25) is 11.8 Å². The number of carbonyl (C=O) groups excluding carboxylic acids is 2. The molecule has 0 aromatic heterocycles. The third-order valence-electron chi connectivity index (χ3n) is 4.95. The second-order valence-electron chi connectivity index (χ2n) is 6.65. The Kier molecular flexibility index (Phi) is 5.01. The van der Waals surface area contributed by atoms with Crippen LogP contribution in [0.25, 0.3) is 0 Å². The van der Waals surface area contributed by atoms with Gasteiger partial charge in [0.05, 0.1) is 5.92 Å². The largest absolute Gasteiger partial charge is 0.481 e. The fourth-order valence-electron chi connectivity index (χ4n) is 3.74. The van der Waals surface area contributed by atoms with Crippen molar-refractivity contribution in [3.8, 4) is 0 Å². The number of anilines is 1. The van der Waals surface area contributed by atoms with E-state index in [4.69, 9.17) is 5.11 Å². The Morgan fingerprint density at radius 2 is 2.12 bits per heavy atom. The van der Waals surface area contributed by atoms with E-state index in [0.717, 1.165) is 19.3 Å². The molecule has 0 saturated carbocycles. The predicted octanol–water partition coefficient (Wildman–Crippen LogP) is 2.50. The van der Waals surface area contributed by atoms with E-state index in [1.165, 1.54) is 12.1 Å². The van der Waals surface area contributed by atoms with Crippen molar-refractivity contribution < 1.29 is 23.9 Å². The summed E-state index contributed by atoms with van der Waals surface area (Å²) >= 11 is 0. The first kappa shape index (κ1) is 17.4. The molecule has 134 valence electrons. The van der Waals surface area contributed by atoms with E-state index in [9.17, 15) is 18.8 Å². The van der Waals surface area contributed by atoms with E-state index < -0.39 is 17.7 Å². The van der Waals surface area contributed by atoms with Gasteiger partial charge in [-0.25, -0.2) is 4.39 Å². The van der Waals surface area contributed by atoms with Crippen molar-refractivity contribution in [2.45, 2.75) is 50.5 Å². The van der Waals surface area contributed by atoms with E-state index in [2.05, 4.69) is 5.32 Å². The van der Waals surface area contributed by atoms with Crippen molar-refractivity contribution in [1.82, 2.24) is 4.90 Å². The number of benzene rings is 1. The molecule has 1 fully saturated rings. The predicted molar refractivity (Wildman–Crippen MR) is 88.6 cm³/mol. The molecule has 1 aromatic carbocycles. The first-order valence-electron chi connectivity index (χ1n) is 8.57. The SMILES string of the molecule is O=C(O)CCC1CCCCN1C(=O)C1CC(=O)Nc2cc(F)ccc21. The highest BCUT2D eigenvalue weighted by Gasteiger charge is 2.37. The molecular formula is C18H21FN2O4. The lowest BCUT2D eigenvalue weighted by atomic mass is 9.87. The van der Waals surface area contributed by atoms with Gasteiger partial charge in [0.15, 0.2) is 0 Å². The third-order valence-corrected chi connectivity index (χ3v) is 4.95. The summed E-state index contributed by atoms with van der Waals surface area (Å²) in [6.07, 6.45) is 3.05. The molecule has 2 heterocycles. The van der Waals surface area contributed by atoms with Crippen LogP contribution in [0.5, 0.6) is 0 Å². The number of rotatable bonds is 4. The number of carboxylic acids is 1. The zero-order chi connectivity index (χ0) is 18.0. The lowest BCUT2D eigenvalue weighted by Gasteiger charge is -2.39. The second-order valence-corrected chi connectivity index (χ2v) is 6.65. The molecule has 2 atom stereocenters. The van der Waals surface area contributed by atoms with Crippen LogP contribution in [0, 0.1) is 5.82 Å². The molecule has 0 bridgehead atoms. The van der Waals surface area contributed by atoms with E-state index in [-0.39, 0.29) is 30.7 Å². The monoisotopic (exact) mass is 348 g/mol. The minimum atomic E-state index is -0.879. The van der Waals surface area contributed by atoms with Crippen LogP contribution in [0.3, 0.4) is 0 Å². The molecular weight excluding hydrogens is 327 g/mol. The number of likely N-dealkylation sites (tertiary alicyclic amines) is 1. The van der Waals surface area contributed by atoms with Crippen molar-refractivity contribution in [2.24, 2.45) is 0 Å². The van der Waals surface area contributed by atoms with E-state index in [1.54, 1.807) is 11.0 Å². The average Bonchev–Trinajstić information content (AvgIpc) is 2.58. The molecule has 25 heavy (non-hydrogen) atoms. The van der Waals surface area contributed by atoms with E-state index >= 15 is 0 Å². The lowest BCUT2D eigenvalue weighted by Crippen LogP contribution is -2.47. The Hall–Kier alpha value is -2.44. The molecule has 2 aliphatic rings. The standard InChI is InChI=1S/C18H21FN2O4/c19-11-4-6-13-14(10-16(22)20-15(13)9-11)18(25)21-8-2-1-3-12(21)5-7-17(23)24/h4,6,9,12,14H,1-3,5,7-8,10H2,(H,20,22)(H,23,24). The molecule has 2 aliphatic heterocycles. The zero-order valence-corrected chi connectivity index (χ0v) is 13.8. The molecule has 1 saturated heterocycles. The Morgan fingerprint density at radius 1 is 1.32 bits per heavy atom. The molecule has 7 heteroatoms. The third kappa shape index (κ3) is 3.81. The smallest absolute Gasteiger partial charge is 0.303 e. The number of halogens is 1. The van der Waals surface area contributed by atoms with Crippen LogP contribution in [-0.4, -0.2) is 40.4 Å². The molecule has 0 spiro atoms. The van der Waals surface area contributed by atoms with Gasteiger partial charge in [-0.05, 0) is 43.4 Å². The number of carboxylic acid groups (broad SMARTS) is 1. The van der Waals surface area contributed by atoms with Crippen LogP contribution < -0.4 is 5.32 Å². The van der Waals surface area contributed by atoms with Crippen LogP contribution in [-0.2, 0) is 14.4 Å². The highest BCUT2D eigenvalue weighted by molar-refractivity contribution is 6.01.